The van der Waals surface area contributed by atoms with Gasteiger partial charge in [-0.05, 0) is 37.1 Å². The molecule has 0 atom stereocenters. The Morgan fingerprint density at radius 2 is 1.96 bits per heavy atom. The first-order valence-electron chi connectivity index (χ1n) is 7.98. The van der Waals surface area contributed by atoms with Crippen LogP contribution in [0.5, 0.6) is 5.75 Å². The molecule has 0 radical (unpaired) electrons. The van der Waals surface area contributed by atoms with E-state index < -0.39 is 11.9 Å². The average Bonchev–Trinajstić information content (AvgIpc) is 3.19. The van der Waals surface area contributed by atoms with Crippen LogP contribution in [0.15, 0.2) is 30.3 Å². The maximum absolute atomic E-state index is 13.1. The highest BCUT2D eigenvalue weighted by Gasteiger charge is 2.35. The van der Waals surface area contributed by atoms with Crippen LogP contribution in [-0.2, 0) is 6.18 Å². The van der Waals surface area contributed by atoms with Gasteiger partial charge >= 0.3 is 6.18 Å². The quantitative estimate of drug-likeness (QED) is 0.760. The molecule has 1 saturated carbocycles. The topological polar surface area (TPSA) is 52.0 Å². The van der Waals surface area contributed by atoms with Gasteiger partial charge in [0.05, 0.1) is 11.4 Å². The van der Waals surface area contributed by atoms with E-state index in [2.05, 4.69) is 15.3 Å². The molecule has 0 saturated heterocycles. The molecule has 2 aliphatic rings. The molecule has 1 N–H and O–H groups in total. The minimum absolute atomic E-state index is 0.225. The minimum Gasteiger partial charge on any atom is -0.471 e. The SMILES string of the molecule is FC(F)(F)c1ccc2nc(C3CC3)n(-c3ccc4c(c3)OCN4)c2n1. The number of imidazole rings is 1. The van der Waals surface area contributed by atoms with E-state index in [1.807, 2.05) is 18.2 Å². The fourth-order valence-electron chi connectivity index (χ4n) is 3.11. The van der Waals surface area contributed by atoms with E-state index in [0.717, 1.165) is 30.4 Å². The van der Waals surface area contributed by atoms with Gasteiger partial charge in [-0.15, -0.1) is 0 Å². The Labute approximate surface area is 140 Å². The van der Waals surface area contributed by atoms with Crippen LogP contribution in [0, 0.1) is 0 Å². The van der Waals surface area contributed by atoms with Gasteiger partial charge in [-0.3, -0.25) is 4.57 Å². The van der Waals surface area contributed by atoms with Gasteiger partial charge in [-0.25, -0.2) is 9.97 Å². The highest BCUT2D eigenvalue weighted by atomic mass is 19.4. The van der Waals surface area contributed by atoms with Crippen LogP contribution >= 0.6 is 0 Å². The van der Waals surface area contributed by atoms with Crippen molar-refractivity contribution in [3.63, 3.8) is 0 Å². The second kappa shape index (κ2) is 4.87. The van der Waals surface area contributed by atoms with Gasteiger partial charge < -0.3 is 10.1 Å². The van der Waals surface area contributed by atoms with Gasteiger partial charge in [0.25, 0.3) is 0 Å². The first-order valence-corrected chi connectivity index (χ1v) is 7.98. The molecule has 5 rings (SSSR count). The third-order valence-corrected chi connectivity index (χ3v) is 4.48. The van der Waals surface area contributed by atoms with Gasteiger partial charge in [0.1, 0.15) is 22.8 Å². The third-order valence-electron chi connectivity index (χ3n) is 4.48. The van der Waals surface area contributed by atoms with Gasteiger partial charge in [0.2, 0.25) is 0 Å². The van der Waals surface area contributed by atoms with Gasteiger partial charge in [-0.1, -0.05) is 0 Å². The van der Waals surface area contributed by atoms with Crippen molar-refractivity contribution >= 4 is 16.9 Å². The number of halogens is 3. The first kappa shape index (κ1) is 14.6. The van der Waals surface area contributed by atoms with Crippen LogP contribution in [-0.4, -0.2) is 21.3 Å². The number of pyridine rings is 1. The molecule has 0 amide bonds. The normalized spacial score (nSPS) is 16.6. The zero-order valence-electron chi connectivity index (χ0n) is 13.0. The molecule has 1 aliphatic carbocycles. The monoisotopic (exact) mass is 346 g/mol. The molecule has 3 heterocycles. The molecule has 2 aromatic heterocycles. The number of nitrogens with one attached hydrogen (secondary N) is 1. The summed E-state index contributed by atoms with van der Waals surface area (Å²) in [6.07, 6.45) is -2.52. The van der Waals surface area contributed by atoms with Crippen molar-refractivity contribution in [3.05, 3.63) is 41.9 Å². The molecule has 0 bridgehead atoms. The molecule has 5 nitrogen and oxygen atoms in total. The Morgan fingerprint density at radius 1 is 1.12 bits per heavy atom. The van der Waals surface area contributed by atoms with Crippen LogP contribution in [0.3, 0.4) is 0 Å². The standard InChI is InChI=1S/C17H13F3N4O/c18-17(19,20)14-6-5-12-16(23-14)24(15(22-12)9-1-2-9)10-3-4-11-13(7-10)25-8-21-11/h3-7,9,21H,1-2,8H2. The zero-order valence-corrected chi connectivity index (χ0v) is 13.0. The highest BCUT2D eigenvalue weighted by molar-refractivity contribution is 5.76. The van der Waals surface area contributed by atoms with Crippen molar-refractivity contribution in [2.45, 2.75) is 24.9 Å². The number of aromatic nitrogens is 3. The van der Waals surface area contributed by atoms with Crippen LogP contribution in [0.4, 0.5) is 18.9 Å². The Kier molecular flexibility index (Phi) is 2.84. The first-order chi connectivity index (χ1) is 12.0. The van der Waals surface area contributed by atoms with E-state index in [-0.39, 0.29) is 11.6 Å². The fraction of sp³-hybridized carbons (Fsp3) is 0.294. The largest absolute Gasteiger partial charge is 0.471 e. The van der Waals surface area contributed by atoms with Crippen LogP contribution in [0.2, 0.25) is 0 Å². The summed E-state index contributed by atoms with van der Waals surface area (Å²) in [6.45, 7) is 0.384. The molecule has 1 fully saturated rings. The van der Waals surface area contributed by atoms with E-state index in [9.17, 15) is 13.2 Å². The number of nitrogens with zero attached hydrogens (tertiary/aromatic N) is 3. The maximum Gasteiger partial charge on any atom is 0.433 e. The lowest BCUT2D eigenvalue weighted by molar-refractivity contribution is -0.141. The lowest BCUT2D eigenvalue weighted by Crippen LogP contribution is -2.09. The second-order valence-corrected chi connectivity index (χ2v) is 6.26. The number of hydrogen-bond acceptors (Lipinski definition) is 4. The molecule has 1 aliphatic heterocycles. The van der Waals surface area contributed by atoms with E-state index in [0.29, 0.717) is 23.7 Å². The van der Waals surface area contributed by atoms with E-state index >= 15 is 0 Å². The average molecular weight is 346 g/mol. The zero-order chi connectivity index (χ0) is 17.2. The maximum atomic E-state index is 13.1. The summed E-state index contributed by atoms with van der Waals surface area (Å²) < 4.78 is 46.5. The number of ether oxygens (including phenoxy) is 1. The van der Waals surface area contributed by atoms with Crippen LogP contribution in [0.25, 0.3) is 16.9 Å². The van der Waals surface area contributed by atoms with Crippen LogP contribution < -0.4 is 10.1 Å². The molecule has 3 aromatic rings. The number of fused-ring (bicyclic) bond motifs is 2. The summed E-state index contributed by atoms with van der Waals surface area (Å²) in [4.78, 5) is 8.41. The second-order valence-electron chi connectivity index (χ2n) is 6.26. The summed E-state index contributed by atoms with van der Waals surface area (Å²) in [7, 11) is 0. The van der Waals surface area contributed by atoms with E-state index in [1.165, 1.54) is 6.07 Å². The molecular weight excluding hydrogens is 333 g/mol. The van der Waals surface area contributed by atoms with Gasteiger partial charge in [0, 0.05) is 12.0 Å². The number of alkyl halides is 3. The summed E-state index contributed by atoms with van der Waals surface area (Å²) in [5.41, 5.74) is 1.35. The number of benzene rings is 1. The minimum atomic E-state index is -4.49. The molecule has 0 unspecified atom stereocenters. The van der Waals surface area contributed by atoms with Crippen molar-refractivity contribution in [3.8, 4) is 11.4 Å². The Hall–Kier alpha value is -2.77. The van der Waals surface area contributed by atoms with E-state index in [1.54, 1.807) is 4.57 Å². The lowest BCUT2D eigenvalue weighted by atomic mass is 10.2. The summed E-state index contributed by atoms with van der Waals surface area (Å²) >= 11 is 0. The van der Waals surface area contributed by atoms with Crippen molar-refractivity contribution in [2.24, 2.45) is 0 Å². The molecular formula is C17H13F3N4O. The highest BCUT2D eigenvalue weighted by Crippen LogP contribution is 2.43. The van der Waals surface area contributed by atoms with Crippen molar-refractivity contribution < 1.29 is 17.9 Å². The van der Waals surface area contributed by atoms with Crippen molar-refractivity contribution in [2.75, 3.05) is 12.0 Å². The van der Waals surface area contributed by atoms with Crippen LogP contribution in [0.1, 0.15) is 30.3 Å². The predicted molar refractivity (Wildman–Crippen MR) is 85.0 cm³/mol. The van der Waals surface area contributed by atoms with Crippen molar-refractivity contribution in [1.82, 2.24) is 14.5 Å². The molecule has 128 valence electrons. The summed E-state index contributed by atoms with van der Waals surface area (Å²) in [5.74, 6) is 1.69. The van der Waals surface area contributed by atoms with E-state index in [4.69, 9.17) is 4.74 Å². The summed E-state index contributed by atoms with van der Waals surface area (Å²) in [5, 5.41) is 3.08. The Balaban J connectivity index is 1.75. The van der Waals surface area contributed by atoms with Gasteiger partial charge in [0.15, 0.2) is 12.4 Å². The molecule has 1 aromatic carbocycles. The number of hydrogen-bond donors (Lipinski definition) is 1. The fourth-order valence-corrected chi connectivity index (χ4v) is 3.11. The summed E-state index contributed by atoms with van der Waals surface area (Å²) in [6, 6.07) is 7.87. The Bertz CT molecular complexity index is 991. The predicted octanol–water partition coefficient (Wildman–Crippen LogP) is 4.08. The number of rotatable bonds is 2. The van der Waals surface area contributed by atoms with Crippen molar-refractivity contribution in [1.29, 1.82) is 0 Å². The number of anilines is 1. The lowest BCUT2D eigenvalue weighted by Gasteiger charge is -2.11. The van der Waals surface area contributed by atoms with Gasteiger partial charge in [-0.2, -0.15) is 13.2 Å². The molecule has 25 heavy (non-hydrogen) atoms. The Morgan fingerprint density at radius 3 is 2.72 bits per heavy atom. The molecule has 0 spiro atoms. The molecule has 8 heteroatoms. The third kappa shape index (κ3) is 2.32. The smallest absolute Gasteiger partial charge is 0.433 e.